The van der Waals surface area contributed by atoms with E-state index in [1.54, 1.807) is 0 Å². The van der Waals surface area contributed by atoms with Gasteiger partial charge in [0, 0.05) is 17.5 Å². The van der Waals surface area contributed by atoms with Gasteiger partial charge in [-0.3, -0.25) is 0 Å². The quantitative estimate of drug-likeness (QED) is 0.925. The smallest absolute Gasteiger partial charge is 0.0971 e. The average molecular weight is 272 g/mol. The molecule has 0 radical (unpaired) electrons. The monoisotopic (exact) mass is 272 g/mol. The fourth-order valence-corrected chi connectivity index (χ4v) is 3.82. The maximum Gasteiger partial charge on any atom is 0.0971 e. The van der Waals surface area contributed by atoms with Crippen molar-refractivity contribution in [3.05, 3.63) is 51.5 Å². The molecule has 1 saturated heterocycles. The molecule has 1 aliphatic rings. The number of nitrogens with one attached hydrogen (secondary N) is 1. The third kappa shape index (κ3) is 3.23. The predicted octanol–water partition coefficient (Wildman–Crippen LogP) is 3.51. The van der Waals surface area contributed by atoms with Crippen LogP contribution in [0.3, 0.4) is 0 Å². The lowest BCUT2D eigenvalue weighted by Crippen LogP contribution is -2.26. The summed E-state index contributed by atoms with van der Waals surface area (Å²) in [6.07, 6.45) is 5.58. The minimum Gasteiger partial charge on any atom is -0.317 e. The van der Waals surface area contributed by atoms with Crippen LogP contribution in [0.5, 0.6) is 0 Å². The summed E-state index contributed by atoms with van der Waals surface area (Å²) in [6.45, 7) is 4.44. The summed E-state index contributed by atoms with van der Waals surface area (Å²) in [7, 11) is 0. The molecule has 0 atom stereocenters. The Morgan fingerprint density at radius 3 is 2.95 bits per heavy atom. The Kier molecular flexibility index (Phi) is 3.95. The number of rotatable bonds is 3. The first-order valence-electron chi connectivity index (χ1n) is 7.02. The molecule has 19 heavy (non-hydrogen) atoms. The van der Waals surface area contributed by atoms with Gasteiger partial charge in [-0.05, 0) is 44.3 Å². The minimum absolute atomic E-state index is 0.727. The molecule has 3 rings (SSSR count). The van der Waals surface area contributed by atoms with Crippen molar-refractivity contribution in [3.63, 3.8) is 0 Å². The minimum atomic E-state index is 0.727. The zero-order valence-corrected chi connectivity index (χ0v) is 12.2. The molecule has 0 unspecified atom stereocenters. The van der Waals surface area contributed by atoms with Crippen molar-refractivity contribution >= 4 is 11.3 Å². The molecular weight excluding hydrogens is 252 g/mol. The summed E-state index contributed by atoms with van der Waals surface area (Å²) in [5.74, 6) is 0.727. The zero-order valence-electron chi connectivity index (χ0n) is 11.4. The van der Waals surface area contributed by atoms with Crippen molar-refractivity contribution in [1.29, 1.82) is 0 Å². The van der Waals surface area contributed by atoms with E-state index in [2.05, 4.69) is 47.7 Å². The maximum absolute atomic E-state index is 4.61. The van der Waals surface area contributed by atoms with Gasteiger partial charge in [-0.2, -0.15) is 0 Å². The fourth-order valence-electron chi connectivity index (χ4n) is 2.70. The van der Waals surface area contributed by atoms with Gasteiger partial charge in [0.25, 0.3) is 0 Å². The van der Waals surface area contributed by atoms with Crippen LogP contribution in [-0.4, -0.2) is 18.1 Å². The van der Waals surface area contributed by atoms with E-state index in [9.17, 15) is 0 Å². The van der Waals surface area contributed by atoms with Crippen molar-refractivity contribution in [2.24, 2.45) is 0 Å². The summed E-state index contributed by atoms with van der Waals surface area (Å²) in [5, 5.41) is 4.67. The number of benzene rings is 1. The molecular formula is C16H20N2S. The SMILES string of the molecule is Cc1cccc(Cc2ncc(C3CCNCC3)s2)c1. The molecule has 1 aromatic heterocycles. The first-order valence-corrected chi connectivity index (χ1v) is 7.84. The predicted molar refractivity (Wildman–Crippen MR) is 80.9 cm³/mol. The van der Waals surface area contributed by atoms with Gasteiger partial charge >= 0.3 is 0 Å². The van der Waals surface area contributed by atoms with Crippen molar-refractivity contribution < 1.29 is 0 Å². The third-order valence-electron chi connectivity index (χ3n) is 3.75. The number of hydrogen-bond acceptors (Lipinski definition) is 3. The van der Waals surface area contributed by atoms with Gasteiger partial charge in [-0.15, -0.1) is 11.3 Å². The van der Waals surface area contributed by atoms with Crippen molar-refractivity contribution in [2.75, 3.05) is 13.1 Å². The maximum atomic E-state index is 4.61. The highest BCUT2D eigenvalue weighted by atomic mass is 32.1. The zero-order chi connectivity index (χ0) is 13.1. The number of aromatic nitrogens is 1. The Labute approximate surface area is 118 Å². The molecule has 0 bridgehead atoms. The van der Waals surface area contributed by atoms with Crippen LogP contribution in [0.25, 0.3) is 0 Å². The highest BCUT2D eigenvalue weighted by Gasteiger charge is 2.17. The van der Waals surface area contributed by atoms with E-state index in [0.717, 1.165) is 25.4 Å². The van der Waals surface area contributed by atoms with Gasteiger partial charge in [0.1, 0.15) is 0 Å². The molecule has 2 aromatic rings. The lowest BCUT2D eigenvalue weighted by Gasteiger charge is -2.20. The van der Waals surface area contributed by atoms with Crippen LogP contribution in [0.15, 0.2) is 30.5 Å². The van der Waals surface area contributed by atoms with E-state index in [-0.39, 0.29) is 0 Å². The van der Waals surface area contributed by atoms with Crippen LogP contribution in [0.1, 0.15) is 39.8 Å². The summed E-state index contributed by atoms with van der Waals surface area (Å²) in [5.41, 5.74) is 2.69. The van der Waals surface area contributed by atoms with E-state index >= 15 is 0 Å². The second-order valence-electron chi connectivity index (χ2n) is 5.35. The second-order valence-corrected chi connectivity index (χ2v) is 6.49. The van der Waals surface area contributed by atoms with Gasteiger partial charge in [-0.25, -0.2) is 4.98 Å². The molecule has 0 spiro atoms. The van der Waals surface area contributed by atoms with Crippen LogP contribution in [0.2, 0.25) is 0 Å². The molecule has 1 N–H and O–H groups in total. The van der Waals surface area contributed by atoms with Crippen LogP contribution in [-0.2, 0) is 6.42 Å². The van der Waals surface area contributed by atoms with Gasteiger partial charge < -0.3 is 5.32 Å². The molecule has 1 aliphatic heterocycles. The van der Waals surface area contributed by atoms with Crippen LogP contribution >= 0.6 is 11.3 Å². The topological polar surface area (TPSA) is 24.9 Å². The van der Waals surface area contributed by atoms with Gasteiger partial charge in [0.05, 0.1) is 5.01 Å². The highest BCUT2D eigenvalue weighted by Crippen LogP contribution is 2.30. The number of nitrogens with zero attached hydrogens (tertiary/aromatic N) is 1. The lowest BCUT2D eigenvalue weighted by molar-refractivity contribution is 0.465. The number of thiazole rings is 1. The molecule has 0 saturated carbocycles. The van der Waals surface area contributed by atoms with Crippen LogP contribution in [0.4, 0.5) is 0 Å². The molecule has 0 aliphatic carbocycles. The summed E-state index contributed by atoms with van der Waals surface area (Å²) in [4.78, 5) is 6.09. The lowest BCUT2D eigenvalue weighted by atomic mass is 9.97. The van der Waals surface area contributed by atoms with E-state index in [1.807, 2.05) is 11.3 Å². The summed E-state index contributed by atoms with van der Waals surface area (Å²) in [6, 6.07) is 8.72. The van der Waals surface area contributed by atoms with Crippen molar-refractivity contribution in [3.8, 4) is 0 Å². The number of hydrogen-bond donors (Lipinski definition) is 1. The first kappa shape index (κ1) is 12.8. The molecule has 2 heterocycles. The Balaban J connectivity index is 1.70. The van der Waals surface area contributed by atoms with E-state index in [1.165, 1.54) is 33.9 Å². The normalized spacial score (nSPS) is 16.7. The Hall–Kier alpha value is -1.19. The molecule has 0 amide bonds. The van der Waals surface area contributed by atoms with Crippen LogP contribution < -0.4 is 5.32 Å². The summed E-state index contributed by atoms with van der Waals surface area (Å²) < 4.78 is 0. The van der Waals surface area contributed by atoms with Gasteiger partial charge in [-0.1, -0.05) is 29.8 Å². The molecule has 100 valence electrons. The number of aryl methyl sites for hydroxylation is 1. The highest BCUT2D eigenvalue weighted by molar-refractivity contribution is 7.11. The molecule has 1 aromatic carbocycles. The Bertz CT molecular complexity index is 541. The molecule has 2 nitrogen and oxygen atoms in total. The first-order chi connectivity index (χ1) is 9.31. The van der Waals surface area contributed by atoms with Crippen LogP contribution in [0, 0.1) is 6.92 Å². The standard InChI is InChI=1S/C16H20N2S/c1-12-3-2-4-13(9-12)10-16-18-11-15(19-16)14-5-7-17-8-6-14/h2-4,9,11,14,17H,5-8,10H2,1H3. The average Bonchev–Trinajstić information content (AvgIpc) is 2.88. The fraction of sp³-hybridized carbons (Fsp3) is 0.438. The van der Waals surface area contributed by atoms with Gasteiger partial charge in [0.15, 0.2) is 0 Å². The largest absolute Gasteiger partial charge is 0.317 e. The second kappa shape index (κ2) is 5.85. The van der Waals surface area contributed by atoms with E-state index < -0.39 is 0 Å². The third-order valence-corrected chi connectivity index (χ3v) is 4.91. The van der Waals surface area contributed by atoms with E-state index in [0.29, 0.717) is 0 Å². The van der Waals surface area contributed by atoms with Crippen molar-refractivity contribution in [1.82, 2.24) is 10.3 Å². The van der Waals surface area contributed by atoms with Crippen molar-refractivity contribution in [2.45, 2.75) is 32.1 Å². The number of piperidine rings is 1. The Morgan fingerprint density at radius 2 is 2.16 bits per heavy atom. The molecule has 1 fully saturated rings. The summed E-state index contributed by atoms with van der Waals surface area (Å²) >= 11 is 1.90. The Morgan fingerprint density at radius 1 is 1.32 bits per heavy atom. The van der Waals surface area contributed by atoms with E-state index in [4.69, 9.17) is 0 Å². The molecule has 3 heteroatoms. The van der Waals surface area contributed by atoms with Gasteiger partial charge in [0.2, 0.25) is 0 Å².